The van der Waals surface area contributed by atoms with Crippen LogP contribution < -0.4 is 0 Å². The maximum atomic E-state index is 8.37. The van der Waals surface area contributed by atoms with Crippen molar-refractivity contribution < 1.29 is 0 Å². The van der Waals surface area contributed by atoms with E-state index < -0.39 is 0 Å². The fraction of sp³-hybridized carbons (Fsp3) is 0. The third-order valence-electron chi connectivity index (χ3n) is 1.89. The summed E-state index contributed by atoms with van der Waals surface area (Å²) in [6.07, 6.45) is 4.39. The Balaban J connectivity index is 2.32. The van der Waals surface area contributed by atoms with Gasteiger partial charge >= 0.3 is 0 Å². The van der Waals surface area contributed by atoms with E-state index in [0.29, 0.717) is 10.8 Å². The number of aromatic nitrogens is 3. The molecular formula is C11H7ClN4. The molecule has 0 bridgehead atoms. The molecule has 0 saturated heterocycles. The molecule has 0 fully saturated rings. The van der Waals surface area contributed by atoms with Crippen molar-refractivity contribution in [3.05, 3.63) is 41.7 Å². The van der Waals surface area contributed by atoms with E-state index >= 15 is 0 Å². The highest BCUT2D eigenvalue weighted by atomic mass is 35.5. The molecule has 0 aliphatic rings. The van der Waals surface area contributed by atoms with Crippen LogP contribution in [-0.2, 0) is 0 Å². The zero-order chi connectivity index (χ0) is 11.4. The van der Waals surface area contributed by atoms with E-state index in [1.807, 2.05) is 18.2 Å². The molecular weight excluding hydrogens is 224 g/mol. The predicted octanol–water partition coefficient (Wildman–Crippen LogP) is 2.59. The lowest BCUT2D eigenvalue weighted by Crippen LogP contribution is -1.87. The van der Waals surface area contributed by atoms with Crippen molar-refractivity contribution in [3.8, 4) is 17.5 Å². The minimum atomic E-state index is 0.574. The van der Waals surface area contributed by atoms with E-state index in [-0.39, 0.29) is 0 Å². The molecule has 2 aromatic rings. The average Bonchev–Trinajstić information content (AvgIpc) is 2.75. The Morgan fingerprint density at radius 3 is 3.06 bits per heavy atom. The molecule has 0 N–H and O–H groups in total. The van der Waals surface area contributed by atoms with Gasteiger partial charge in [-0.3, -0.25) is 0 Å². The fourth-order valence-electron chi connectivity index (χ4n) is 1.22. The van der Waals surface area contributed by atoms with E-state index in [9.17, 15) is 0 Å². The fourth-order valence-corrected chi connectivity index (χ4v) is 1.41. The first kappa shape index (κ1) is 10.4. The maximum absolute atomic E-state index is 8.37. The van der Waals surface area contributed by atoms with Gasteiger partial charge in [-0.2, -0.15) is 5.26 Å². The first-order chi connectivity index (χ1) is 7.79. The number of benzene rings is 1. The van der Waals surface area contributed by atoms with Gasteiger partial charge in [0.1, 0.15) is 6.33 Å². The first-order valence-electron chi connectivity index (χ1n) is 4.53. The van der Waals surface area contributed by atoms with Crippen molar-refractivity contribution in [2.75, 3.05) is 0 Å². The average molecular weight is 231 g/mol. The first-order valence-corrected chi connectivity index (χ1v) is 4.91. The Hall–Kier alpha value is -2.12. The topological polar surface area (TPSA) is 54.5 Å². The second-order valence-electron chi connectivity index (χ2n) is 3.00. The summed E-state index contributed by atoms with van der Waals surface area (Å²) in [5.41, 5.74) is 0.844. The van der Waals surface area contributed by atoms with Gasteiger partial charge in [-0.05, 0) is 12.1 Å². The molecule has 0 aliphatic heterocycles. The van der Waals surface area contributed by atoms with Gasteiger partial charge in [0, 0.05) is 22.9 Å². The van der Waals surface area contributed by atoms with Crippen LogP contribution in [0.25, 0.3) is 17.6 Å². The summed E-state index contributed by atoms with van der Waals surface area (Å²) in [6, 6.07) is 9.17. The van der Waals surface area contributed by atoms with Gasteiger partial charge in [-0.1, -0.05) is 23.7 Å². The van der Waals surface area contributed by atoms with Gasteiger partial charge in [0.15, 0.2) is 5.82 Å². The lowest BCUT2D eigenvalue weighted by Gasteiger charge is -1.94. The largest absolute Gasteiger partial charge is 0.227 e. The van der Waals surface area contributed by atoms with Gasteiger partial charge in [0.25, 0.3) is 0 Å². The van der Waals surface area contributed by atoms with E-state index in [1.54, 1.807) is 12.1 Å². The Kier molecular flexibility index (Phi) is 2.99. The molecule has 78 valence electrons. The third kappa shape index (κ3) is 2.27. The van der Waals surface area contributed by atoms with Crippen molar-refractivity contribution in [1.82, 2.24) is 14.8 Å². The van der Waals surface area contributed by atoms with Gasteiger partial charge in [0.2, 0.25) is 0 Å². The van der Waals surface area contributed by atoms with Gasteiger partial charge < -0.3 is 0 Å². The van der Waals surface area contributed by atoms with Crippen LogP contribution >= 0.6 is 11.6 Å². The number of hydrogen-bond acceptors (Lipinski definition) is 3. The molecule has 0 saturated carbocycles. The Labute approximate surface area is 97.4 Å². The highest BCUT2D eigenvalue weighted by molar-refractivity contribution is 6.30. The van der Waals surface area contributed by atoms with Crippen molar-refractivity contribution >= 4 is 17.8 Å². The molecule has 0 unspecified atom stereocenters. The molecule has 16 heavy (non-hydrogen) atoms. The molecule has 2 rings (SSSR count). The quantitative estimate of drug-likeness (QED) is 0.745. The number of allylic oxidation sites excluding steroid dienone is 1. The Morgan fingerprint density at radius 2 is 2.31 bits per heavy atom. The Morgan fingerprint density at radius 1 is 1.44 bits per heavy atom. The SMILES string of the molecule is N#C/C=C/n1cnc(-c2cccc(Cl)c2)n1. The zero-order valence-corrected chi connectivity index (χ0v) is 8.96. The highest BCUT2D eigenvalue weighted by Gasteiger charge is 2.02. The van der Waals surface area contributed by atoms with Crippen molar-refractivity contribution in [2.45, 2.75) is 0 Å². The van der Waals surface area contributed by atoms with E-state index in [4.69, 9.17) is 16.9 Å². The number of nitrogens with zero attached hydrogens (tertiary/aromatic N) is 4. The smallest absolute Gasteiger partial charge is 0.181 e. The van der Waals surface area contributed by atoms with Crippen LogP contribution in [0.5, 0.6) is 0 Å². The minimum absolute atomic E-state index is 0.574. The van der Waals surface area contributed by atoms with Crippen molar-refractivity contribution in [2.24, 2.45) is 0 Å². The molecule has 4 nitrogen and oxygen atoms in total. The molecule has 5 heteroatoms. The molecule has 0 radical (unpaired) electrons. The second kappa shape index (κ2) is 4.60. The summed E-state index contributed by atoms with van der Waals surface area (Å²) < 4.78 is 1.47. The molecule has 0 amide bonds. The van der Waals surface area contributed by atoms with Crippen LogP contribution in [0.3, 0.4) is 0 Å². The van der Waals surface area contributed by atoms with Crippen LogP contribution in [0.4, 0.5) is 0 Å². The van der Waals surface area contributed by atoms with Crippen LogP contribution in [0.1, 0.15) is 0 Å². The van der Waals surface area contributed by atoms with E-state index in [0.717, 1.165) is 5.56 Å². The standard InChI is InChI=1S/C11H7ClN4/c12-10-4-1-3-9(7-10)11-14-8-16(15-11)6-2-5-13/h1-4,6-8H/b6-2+. The molecule has 0 spiro atoms. The van der Waals surface area contributed by atoms with Gasteiger partial charge in [-0.15, -0.1) is 5.10 Å². The van der Waals surface area contributed by atoms with Gasteiger partial charge in [0.05, 0.1) is 6.07 Å². The summed E-state index contributed by atoms with van der Waals surface area (Å²) in [7, 11) is 0. The molecule has 0 atom stereocenters. The zero-order valence-electron chi connectivity index (χ0n) is 8.21. The van der Waals surface area contributed by atoms with Gasteiger partial charge in [-0.25, -0.2) is 9.67 Å². The van der Waals surface area contributed by atoms with E-state index in [2.05, 4.69) is 10.1 Å². The van der Waals surface area contributed by atoms with Crippen molar-refractivity contribution in [1.29, 1.82) is 5.26 Å². The predicted molar refractivity (Wildman–Crippen MR) is 61.4 cm³/mol. The Bertz CT molecular complexity index is 565. The number of rotatable bonds is 2. The number of hydrogen-bond donors (Lipinski definition) is 0. The maximum Gasteiger partial charge on any atom is 0.181 e. The lowest BCUT2D eigenvalue weighted by molar-refractivity contribution is 0.937. The third-order valence-corrected chi connectivity index (χ3v) is 2.13. The summed E-state index contributed by atoms with van der Waals surface area (Å²) in [5, 5.41) is 13.2. The van der Waals surface area contributed by atoms with Crippen LogP contribution in [-0.4, -0.2) is 14.8 Å². The van der Waals surface area contributed by atoms with Crippen LogP contribution in [0.2, 0.25) is 5.02 Å². The minimum Gasteiger partial charge on any atom is -0.227 e. The molecule has 1 aromatic carbocycles. The summed E-state index contributed by atoms with van der Waals surface area (Å²) in [6.45, 7) is 0. The monoisotopic (exact) mass is 230 g/mol. The van der Waals surface area contributed by atoms with Crippen molar-refractivity contribution in [3.63, 3.8) is 0 Å². The van der Waals surface area contributed by atoms with Crippen LogP contribution in [0.15, 0.2) is 36.7 Å². The molecule has 0 aliphatic carbocycles. The van der Waals surface area contributed by atoms with Crippen LogP contribution in [0, 0.1) is 11.3 Å². The molecule has 1 aromatic heterocycles. The summed E-state index contributed by atoms with van der Waals surface area (Å²) in [4.78, 5) is 4.11. The lowest BCUT2D eigenvalue weighted by atomic mass is 10.2. The van der Waals surface area contributed by atoms with E-state index in [1.165, 1.54) is 23.3 Å². The number of nitriles is 1. The normalized spacial score (nSPS) is 10.5. The summed E-state index contributed by atoms with van der Waals surface area (Å²) in [5.74, 6) is 0.574. The second-order valence-corrected chi connectivity index (χ2v) is 3.44. The number of halogens is 1. The summed E-state index contributed by atoms with van der Waals surface area (Å²) >= 11 is 5.87. The highest BCUT2D eigenvalue weighted by Crippen LogP contribution is 2.18. The molecule has 1 heterocycles.